The molecule has 0 amide bonds. The molecule has 3 heteroatoms. The van der Waals surface area contributed by atoms with Crippen molar-refractivity contribution in [2.24, 2.45) is 5.92 Å². The number of methoxy groups -OCH3 is 1. The van der Waals surface area contributed by atoms with Crippen molar-refractivity contribution < 1.29 is 9.13 Å². The number of rotatable bonds is 10. The van der Waals surface area contributed by atoms with Crippen molar-refractivity contribution in [2.75, 3.05) is 13.7 Å². The van der Waals surface area contributed by atoms with Gasteiger partial charge < -0.3 is 10.1 Å². The van der Waals surface area contributed by atoms with E-state index in [4.69, 9.17) is 4.74 Å². The van der Waals surface area contributed by atoms with Gasteiger partial charge in [-0.1, -0.05) is 33.6 Å². The van der Waals surface area contributed by atoms with Crippen LogP contribution in [-0.2, 0) is 0 Å². The summed E-state index contributed by atoms with van der Waals surface area (Å²) in [6, 6.07) is 4.99. The van der Waals surface area contributed by atoms with Crippen LogP contribution in [0.3, 0.4) is 0 Å². The minimum atomic E-state index is -0.194. The van der Waals surface area contributed by atoms with Gasteiger partial charge in [-0.2, -0.15) is 0 Å². The summed E-state index contributed by atoms with van der Waals surface area (Å²) in [5.74, 6) is 1.10. The molecule has 0 aliphatic rings. The fourth-order valence-corrected chi connectivity index (χ4v) is 3.00. The first-order valence-electron chi connectivity index (χ1n) is 8.24. The zero-order valence-corrected chi connectivity index (χ0v) is 13.9. The second-order valence-corrected chi connectivity index (χ2v) is 5.66. The van der Waals surface area contributed by atoms with Crippen molar-refractivity contribution >= 4 is 0 Å². The molecule has 0 saturated heterocycles. The molecule has 0 heterocycles. The van der Waals surface area contributed by atoms with Gasteiger partial charge in [-0.25, -0.2) is 4.39 Å². The van der Waals surface area contributed by atoms with Gasteiger partial charge in [-0.15, -0.1) is 0 Å². The predicted molar refractivity (Wildman–Crippen MR) is 87.3 cm³/mol. The molecule has 1 aromatic carbocycles. The second kappa shape index (κ2) is 9.78. The van der Waals surface area contributed by atoms with Gasteiger partial charge in [0.25, 0.3) is 0 Å². The highest BCUT2D eigenvalue weighted by atomic mass is 19.1. The van der Waals surface area contributed by atoms with Gasteiger partial charge >= 0.3 is 0 Å². The van der Waals surface area contributed by atoms with E-state index >= 15 is 0 Å². The minimum absolute atomic E-state index is 0.162. The van der Waals surface area contributed by atoms with Crippen LogP contribution in [0.2, 0.25) is 0 Å². The molecule has 1 atom stereocenters. The Morgan fingerprint density at radius 3 is 2.29 bits per heavy atom. The van der Waals surface area contributed by atoms with E-state index in [9.17, 15) is 4.39 Å². The number of hydrogen-bond donors (Lipinski definition) is 1. The molecule has 1 rings (SSSR count). The Labute approximate surface area is 129 Å². The molecular weight excluding hydrogens is 265 g/mol. The first kappa shape index (κ1) is 18.0. The number of ether oxygens (including phenoxy) is 1. The second-order valence-electron chi connectivity index (χ2n) is 5.66. The van der Waals surface area contributed by atoms with E-state index in [-0.39, 0.29) is 11.9 Å². The summed E-state index contributed by atoms with van der Waals surface area (Å²) in [5.41, 5.74) is 0.956. The van der Waals surface area contributed by atoms with E-state index in [2.05, 4.69) is 26.1 Å². The lowest BCUT2D eigenvalue weighted by Gasteiger charge is -2.29. The third-order valence-electron chi connectivity index (χ3n) is 3.93. The average molecular weight is 295 g/mol. The number of halogens is 1. The number of hydrogen-bond acceptors (Lipinski definition) is 2. The lowest BCUT2D eigenvalue weighted by molar-refractivity contribution is 0.304. The third kappa shape index (κ3) is 5.31. The first-order valence-corrected chi connectivity index (χ1v) is 8.24. The van der Waals surface area contributed by atoms with E-state index < -0.39 is 0 Å². The van der Waals surface area contributed by atoms with Crippen molar-refractivity contribution in [3.05, 3.63) is 29.6 Å². The van der Waals surface area contributed by atoms with Crippen LogP contribution in [0.25, 0.3) is 0 Å². The van der Waals surface area contributed by atoms with Crippen molar-refractivity contribution in [1.82, 2.24) is 5.32 Å². The van der Waals surface area contributed by atoms with Crippen LogP contribution in [-0.4, -0.2) is 13.7 Å². The summed E-state index contributed by atoms with van der Waals surface area (Å²) < 4.78 is 19.2. The standard InChI is InChI=1S/C18H30FNO/c1-5-8-14(9-6-2)18(20-12-7-3)16-13-15(19)10-11-17(16)21-4/h10-11,13-14,18,20H,5-9,12H2,1-4H3. The quantitative estimate of drug-likeness (QED) is 0.649. The van der Waals surface area contributed by atoms with Crippen LogP contribution in [0.15, 0.2) is 18.2 Å². The molecule has 2 nitrogen and oxygen atoms in total. The molecule has 120 valence electrons. The molecule has 0 spiro atoms. The maximum Gasteiger partial charge on any atom is 0.123 e. The number of nitrogens with one attached hydrogen (secondary N) is 1. The van der Waals surface area contributed by atoms with Crippen LogP contribution in [0.4, 0.5) is 4.39 Å². The normalized spacial score (nSPS) is 12.7. The highest BCUT2D eigenvalue weighted by Gasteiger charge is 2.24. The fraction of sp³-hybridized carbons (Fsp3) is 0.667. The minimum Gasteiger partial charge on any atom is -0.496 e. The summed E-state index contributed by atoms with van der Waals surface area (Å²) in [6.07, 6.45) is 5.65. The van der Waals surface area contributed by atoms with E-state index in [0.717, 1.165) is 50.0 Å². The Balaban J connectivity index is 3.12. The SMILES string of the molecule is CCCNC(c1cc(F)ccc1OC)C(CCC)CCC. The van der Waals surface area contributed by atoms with E-state index in [1.54, 1.807) is 19.2 Å². The highest BCUT2D eigenvalue weighted by molar-refractivity contribution is 5.37. The topological polar surface area (TPSA) is 21.3 Å². The molecule has 0 radical (unpaired) electrons. The molecule has 1 unspecified atom stereocenters. The number of benzene rings is 1. The molecule has 0 bridgehead atoms. The lowest BCUT2D eigenvalue weighted by atomic mass is 9.85. The molecular formula is C18H30FNO. The van der Waals surface area contributed by atoms with E-state index in [1.165, 1.54) is 6.07 Å². The summed E-state index contributed by atoms with van der Waals surface area (Å²) >= 11 is 0. The van der Waals surface area contributed by atoms with Gasteiger partial charge in [0.1, 0.15) is 11.6 Å². The van der Waals surface area contributed by atoms with Gasteiger partial charge in [0.15, 0.2) is 0 Å². The van der Waals surface area contributed by atoms with Crippen LogP contribution in [0.1, 0.15) is 64.5 Å². The van der Waals surface area contributed by atoms with Gasteiger partial charge in [-0.3, -0.25) is 0 Å². The van der Waals surface area contributed by atoms with Crippen LogP contribution in [0.5, 0.6) is 5.75 Å². The van der Waals surface area contributed by atoms with Gasteiger partial charge in [0, 0.05) is 11.6 Å². The Morgan fingerprint density at radius 1 is 1.10 bits per heavy atom. The average Bonchev–Trinajstić information content (AvgIpc) is 2.48. The van der Waals surface area contributed by atoms with Crippen LogP contribution >= 0.6 is 0 Å². The molecule has 0 fully saturated rings. The van der Waals surface area contributed by atoms with Crippen molar-refractivity contribution in [2.45, 2.75) is 58.9 Å². The van der Waals surface area contributed by atoms with E-state index in [0.29, 0.717) is 5.92 Å². The molecule has 1 aromatic rings. The predicted octanol–water partition coefficient (Wildman–Crippen LogP) is 5.09. The maximum absolute atomic E-state index is 13.7. The largest absolute Gasteiger partial charge is 0.496 e. The van der Waals surface area contributed by atoms with Gasteiger partial charge in [-0.05, 0) is 49.9 Å². The van der Waals surface area contributed by atoms with E-state index in [1.807, 2.05) is 0 Å². The molecule has 0 aromatic heterocycles. The monoisotopic (exact) mass is 295 g/mol. The molecule has 0 aliphatic carbocycles. The first-order chi connectivity index (χ1) is 10.2. The molecule has 21 heavy (non-hydrogen) atoms. The van der Waals surface area contributed by atoms with Gasteiger partial charge in [0.2, 0.25) is 0 Å². The maximum atomic E-state index is 13.7. The lowest BCUT2D eigenvalue weighted by Crippen LogP contribution is -2.29. The van der Waals surface area contributed by atoms with Crippen molar-refractivity contribution in [3.8, 4) is 5.75 Å². The summed E-state index contributed by atoms with van der Waals surface area (Å²) in [5, 5.41) is 3.61. The zero-order valence-electron chi connectivity index (χ0n) is 13.9. The molecule has 0 aliphatic heterocycles. The van der Waals surface area contributed by atoms with Crippen LogP contribution < -0.4 is 10.1 Å². The Kier molecular flexibility index (Phi) is 8.36. The Morgan fingerprint density at radius 2 is 1.76 bits per heavy atom. The summed E-state index contributed by atoms with van der Waals surface area (Å²) in [6.45, 7) is 7.51. The van der Waals surface area contributed by atoms with Gasteiger partial charge in [0.05, 0.1) is 7.11 Å². The Hall–Kier alpha value is -1.09. The fourth-order valence-electron chi connectivity index (χ4n) is 3.00. The van der Waals surface area contributed by atoms with Crippen LogP contribution in [0, 0.1) is 11.7 Å². The van der Waals surface area contributed by atoms with Crippen molar-refractivity contribution in [1.29, 1.82) is 0 Å². The Bertz CT molecular complexity index is 402. The molecule has 1 N–H and O–H groups in total. The smallest absolute Gasteiger partial charge is 0.123 e. The van der Waals surface area contributed by atoms with Crippen molar-refractivity contribution in [3.63, 3.8) is 0 Å². The molecule has 0 saturated carbocycles. The highest BCUT2D eigenvalue weighted by Crippen LogP contribution is 2.35. The zero-order chi connectivity index (χ0) is 15.7. The summed E-state index contributed by atoms with van der Waals surface area (Å²) in [7, 11) is 1.66. The summed E-state index contributed by atoms with van der Waals surface area (Å²) in [4.78, 5) is 0. The third-order valence-corrected chi connectivity index (χ3v) is 3.93.